The van der Waals surface area contributed by atoms with Crippen LogP contribution >= 0.6 is 0 Å². The zero-order valence-electron chi connectivity index (χ0n) is 14.2. The normalized spacial score (nSPS) is 12.0. The maximum atomic E-state index is 12.6. The number of nitrogens with one attached hydrogen (secondary N) is 1. The van der Waals surface area contributed by atoms with E-state index in [2.05, 4.69) is 33.0 Å². The summed E-state index contributed by atoms with van der Waals surface area (Å²) in [5.74, 6) is 0.684. The SMILES string of the molecule is CCCNc1ccc(C(=O)N(CC)CC(C)CC)cc1C. The van der Waals surface area contributed by atoms with E-state index in [1.165, 1.54) is 0 Å². The summed E-state index contributed by atoms with van der Waals surface area (Å²) in [4.78, 5) is 14.6. The molecular formula is C18H30N2O. The number of carbonyl (C=O) groups is 1. The Balaban J connectivity index is 2.83. The van der Waals surface area contributed by atoms with Crippen LogP contribution in [0.4, 0.5) is 5.69 Å². The molecule has 0 spiro atoms. The average Bonchev–Trinajstić information content (AvgIpc) is 2.50. The van der Waals surface area contributed by atoms with Crippen LogP contribution in [0.25, 0.3) is 0 Å². The Bertz CT molecular complexity index is 457. The third kappa shape index (κ3) is 5.07. The van der Waals surface area contributed by atoms with Crippen molar-refractivity contribution < 1.29 is 4.79 Å². The number of nitrogens with zero attached hydrogens (tertiary/aromatic N) is 1. The zero-order valence-corrected chi connectivity index (χ0v) is 14.2. The van der Waals surface area contributed by atoms with Crippen LogP contribution in [0.1, 0.15) is 56.5 Å². The predicted molar refractivity (Wildman–Crippen MR) is 91.0 cm³/mol. The fourth-order valence-corrected chi connectivity index (χ4v) is 2.30. The number of aryl methyl sites for hydroxylation is 1. The summed E-state index contributed by atoms with van der Waals surface area (Å²) in [5.41, 5.74) is 3.05. The van der Waals surface area contributed by atoms with Gasteiger partial charge in [0.25, 0.3) is 5.91 Å². The Labute approximate surface area is 129 Å². The van der Waals surface area contributed by atoms with Crippen molar-refractivity contribution in [2.75, 3.05) is 25.0 Å². The summed E-state index contributed by atoms with van der Waals surface area (Å²) >= 11 is 0. The molecule has 3 heteroatoms. The summed E-state index contributed by atoms with van der Waals surface area (Å²) in [6, 6.07) is 5.96. The monoisotopic (exact) mass is 290 g/mol. The van der Waals surface area contributed by atoms with Crippen LogP contribution in [0.15, 0.2) is 18.2 Å². The van der Waals surface area contributed by atoms with Crippen LogP contribution in [-0.4, -0.2) is 30.4 Å². The second-order valence-electron chi connectivity index (χ2n) is 5.81. The van der Waals surface area contributed by atoms with Crippen LogP contribution in [-0.2, 0) is 0 Å². The molecule has 0 radical (unpaired) electrons. The highest BCUT2D eigenvalue weighted by Crippen LogP contribution is 2.18. The van der Waals surface area contributed by atoms with Gasteiger partial charge in [-0.25, -0.2) is 0 Å². The minimum Gasteiger partial charge on any atom is -0.385 e. The van der Waals surface area contributed by atoms with Gasteiger partial charge in [0.1, 0.15) is 0 Å². The number of carbonyl (C=O) groups excluding carboxylic acids is 1. The maximum Gasteiger partial charge on any atom is 0.253 e. The average molecular weight is 290 g/mol. The third-order valence-electron chi connectivity index (χ3n) is 3.94. The molecule has 0 fully saturated rings. The predicted octanol–water partition coefficient (Wildman–Crippen LogP) is 4.33. The van der Waals surface area contributed by atoms with Crippen molar-refractivity contribution in [1.29, 1.82) is 0 Å². The maximum absolute atomic E-state index is 12.6. The van der Waals surface area contributed by atoms with Gasteiger partial charge in [0, 0.05) is 30.9 Å². The van der Waals surface area contributed by atoms with E-state index in [0.29, 0.717) is 5.92 Å². The second-order valence-corrected chi connectivity index (χ2v) is 5.81. The molecular weight excluding hydrogens is 260 g/mol. The Morgan fingerprint density at radius 2 is 2.00 bits per heavy atom. The third-order valence-corrected chi connectivity index (χ3v) is 3.94. The molecule has 0 bridgehead atoms. The van der Waals surface area contributed by atoms with E-state index in [9.17, 15) is 4.79 Å². The molecule has 0 heterocycles. The molecule has 1 unspecified atom stereocenters. The van der Waals surface area contributed by atoms with Crippen molar-refractivity contribution >= 4 is 11.6 Å². The summed E-state index contributed by atoms with van der Waals surface area (Å²) in [6.07, 6.45) is 2.20. The fraction of sp³-hybridized carbons (Fsp3) is 0.611. The number of anilines is 1. The standard InChI is InChI=1S/C18H30N2O/c1-6-11-19-17-10-9-16(12-15(17)5)18(21)20(8-3)13-14(4)7-2/h9-10,12,14,19H,6-8,11,13H2,1-5H3. The van der Waals surface area contributed by atoms with E-state index in [0.717, 1.165) is 49.3 Å². The summed E-state index contributed by atoms with van der Waals surface area (Å²) in [7, 11) is 0. The van der Waals surface area contributed by atoms with Crippen molar-refractivity contribution in [3.05, 3.63) is 29.3 Å². The van der Waals surface area contributed by atoms with Crippen LogP contribution in [0.5, 0.6) is 0 Å². The van der Waals surface area contributed by atoms with Gasteiger partial charge in [-0.2, -0.15) is 0 Å². The van der Waals surface area contributed by atoms with Crippen LogP contribution in [0, 0.1) is 12.8 Å². The first-order valence-corrected chi connectivity index (χ1v) is 8.17. The lowest BCUT2D eigenvalue weighted by atomic mass is 10.1. The van der Waals surface area contributed by atoms with E-state index in [-0.39, 0.29) is 5.91 Å². The lowest BCUT2D eigenvalue weighted by Crippen LogP contribution is -2.34. The molecule has 0 saturated heterocycles. The minimum atomic E-state index is 0.142. The molecule has 118 valence electrons. The Hall–Kier alpha value is -1.51. The Morgan fingerprint density at radius 1 is 1.29 bits per heavy atom. The highest BCUT2D eigenvalue weighted by atomic mass is 16.2. The number of benzene rings is 1. The number of hydrogen-bond donors (Lipinski definition) is 1. The van der Waals surface area contributed by atoms with Gasteiger partial charge < -0.3 is 10.2 Å². The topological polar surface area (TPSA) is 32.3 Å². The lowest BCUT2D eigenvalue weighted by Gasteiger charge is -2.24. The van der Waals surface area contributed by atoms with Gasteiger partial charge in [0.05, 0.1) is 0 Å². The van der Waals surface area contributed by atoms with E-state index < -0.39 is 0 Å². The molecule has 1 N–H and O–H groups in total. The summed E-state index contributed by atoms with van der Waals surface area (Å²) < 4.78 is 0. The second kappa shape index (κ2) is 8.71. The Kier molecular flexibility index (Phi) is 7.27. The zero-order chi connectivity index (χ0) is 15.8. The van der Waals surface area contributed by atoms with Gasteiger partial charge in [-0.15, -0.1) is 0 Å². The molecule has 21 heavy (non-hydrogen) atoms. The molecule has 1 rings (SSSR count). The highest BCUT2D eigenvalue weighted by Gasteiger charge is 2.16. The first-order valence-electron chi connectivity index (χ1n) is 8.17. The molecule has 0 aliphatic carbocycles. The van der Waals surface area contributed by atoms with Gasteiger partial charge in [0.15, 0.2) is 0 Å². The van der Waals surface area contributed by atoms with Crippen molar-refractivity contribution in [2.24, 2.45) is 5.92 Å². The first kappa shape index (κ1) is 17.5. The lowest BCUT2D eigenvalue weighted by molar-refractivity contribution is 0.0741. The van der Waals surface area contributed by atoms with Crippen LogP contribution in [0.3, 0.4) is 0 Å². The minimum absolute atomic E-state index is 0.142. The van der Waals surface area contributed by atoms with Crippen molar-refractivity contribution in [2.45, 2.75) is 47.5 Å². The molecule has 3 nitrogen and oxygen atoms in total. The van der Waals surface area contributed by atoms with E-state index in [1.54, 1.807) is 0 Å². The highest BCUT2D eigenvalue weighted by molar-refractivity contribution is 5.95. The molecule has 0 aliphatic heterocycles. The van der Waals surface area contributed by atoms with Gasteiger partial charge in [-0.3, -0.25) is 4.79 Å². The quantitative estimate of drug-likeness (QED) is 0.773. The molecule has 1 atom stereocenters. The van der Waals surface area contributed by atoms with Crippen molar-refractivity contribution in [3.63, 3.8) is 0 Å². The number of rotatable bonds is 8. The van der Waals surface area contributed by atoms with Crippen LogP contribution in [0.2, 0.25) is 0 Å². The van der Waals surface area contributed by atoms with Crippen molar-refractivity contribution in [3.8, 4) is 0 Å². The largest absolute Gasteiger partial charge is 0.385 e. The molecule has 1 aromatic carbocycles. The van der Waals surface area contributed by atoms with E-state index >= 15 is 0 Å². The number of amides is 1. The molecule has 0 aromatic heterocycles. The van der Waals surface area contributed by atoms with Gasteiger partial charge >= 0.3 is 0 Å². The molecule has 1 amide bonds. The van der Waals surface area contributed by atoms with Gasteiger partial charge in [0.2, 0.25) is 0 Å². The van der Waals surface area contributed by atoms with Gasteiger partial charge in [-0.05, 0) is 49.9 Å². The van der Waals surface area contributed by atoms with Crippen LogP contribution < -0.4 is 5.32 Å². The first-order chi connectivity index (χ1) is 10.0. The molecule has 0 saturated carbocycles. The molecule has 0 aliphatic rings. The van der Waals surface area contributed by atoms with Crippen molar-refractivity contribution in [1.82, 2.24) is 4.90 Å². The smallest absolute Gasteiger partial charge is 0.253 e. The van der Waals surface area contributed by atoms with Gasteiger partial charge in [-0.1, -0.05) is 27.2 Å². The summed E-state index contributed by atoms with van der Waals surface area (Å²) in [5, 5.41) is 3.39. The fourth-order valence-electron chi connectivity index (χ4n) is 2.30. The van der Waals surface area contributed by atoms with E-state index in [4.69, 9.17) is 0 Å². The summed E-state index contributed by atoms with van der Waals surface area (Å²) in [6.45, 7) is 13.2. The molecule has 1 aromatic rings. The number of hydrogen-bond acceptors (Lipinski definition) is 2. The Morgan fingerprint density at radius 3 is 2.52 bits per heavy atom. The van der Waals surface area contributed by atoms with E-state index in [1.807, 2.05) is 30.0 Å².